The molecule has 3 N–H and O–H groups in total. The van der Waals surface area contributed by atoms with Crippen molar-refractivity contribution in [2.75, 3.05) is 30.9 Å². The van der Waals surface area contributed by atoms with Gasteiger partial charge < -0.3 is 15.7 Å². The first-order valence-corrected chi connectivity index (χ1v) is 19.0. The van der Waals surface area contributed by atoms with Crippen LogP contribution >= 0.6 is 23.5 Å². The first kappa shape index (κ1) is 37.0. The van der Waals surface area contributed by atoms with Crippen molar-refractivity contribution in [3.8, 4) is 11.1 Å². The van der Waals surface area contributed by atoms with E-state index in [1.54, 1.807) is 23.5 Å². The fourth-order valence-corrected chi connectivity index (χ4v) is 6.93. The number of nitrogens with one attached hydrogen (secondary N) is 2. The summed E-state index contributed by atoms with van der Waals surface area (Å²) in [6.07, 6.45) is 3.12. The Morgan fingerprint density at radius 3 is 2.23 bits per heavy atom. The zero-order valence-electron chi connectivity index (χ0n) is 28.1. The second-order valence-electron chi connectivity index (χ2n) is 12.2. The molecule has 3 atom stereocenters. The molecule has 0 aliphatic carbocycles. The van der Waals surface area contributed by atoms with Crippen LogP contribution in [-0.2, 0) is 26.7 Å². The maximum Gasteiger partial charge on any atom is 0.326 e. The van der Waals surface area contributed by atoms with Crippen LogP contribution in [0.4, 0.5) is 0 Å². The molecule has 0 saturated carbocycles. The summed E-state index contributed by atoms with van der Waals surface area (Å²) in [5, 5.41) is 17.9. The summed E-state index contributed by atoms with van der Waals surface area (Å²) < 4.78 is 0. The molecule has 0 spiro atoms. The minimum atomic E-state index is -1.03. The molecular weight excluding hydrogens is 639 g/mol. The summed E-state index contributed by atoms with van der Waals surface area (Å²) in [7, 11) is 0. The predicted octanol–water partition coefficient (Wildman–Crippen LogP) is 7.10. The first-order chi connectivity index (χ1) is 23.3. The molecule has 4 rings (SSSR count). The standard InChI is InChI=1S/C39H47N3O4S2/c1-4-28(2)36(41-38(44)27-48-26-29-17-19-31(20-18-29)30-11-6-5-7-12-30)24-42(25-37(43)40-35(39(45)46)21-22-47-3)23-33-15-10-14-32-13-8-9-16-34(32)33/h5-20,28,35-36H,4,21-27H2,1-3H3,(H,40,43)(H,41,44)(H,45,46)/t28-,35-,36+/m0/s1. The number of benzene rings is 4. The summed E-state index contributed by atoms with van der Waals surface area (Å²) in [4.78, 5) is 40.4. The molecule has 0 unspecified atom stereocenters. The van der Waals surface area contributed by atoms with Gasteiger partial charge in [0.25, 0.3) is 0 Å². The fourth-order valence-electron chi connectivity index (χ4n) is 5.66. The van der Waals surface area contributed by atoms with Crippen molar-refractivity contribution < 1.29 is 19.5 Å². The number of hydrogen-bond acceptors (Lipinski definition) is 6. The van der Waals surface area contributed by atoms with Crippen LogP contribution in [0.25, 0.3) is 21.9 Å². The number of rotatable bonds is 19. The number of aliphatic carboxylic acids is 1. The Hall–Kier alpha value is -3.79. The number of hydrogen-bond donors (Lipinski definition) is 3. The number of carbonyl (C=O) groups is 3. The Balaban J connectivity index is 1.42. The fraction of sp³-hybridized carbons (Fsp3) is 0.359. The average Bonchev–Trinajstić information content (AvgIpc) is 3.10. The van der Waals surface area contributed by atoms with E-state index in [0.717, 1.165) is 34.1 Å². The van der Waals surface area contributed by atoms with Crippen molar-refractivity contribution >= 4 is 52.1 Å². The SMILES string of the molecule is CC[C@H](C)[C@@H](CN(CC(=O)N[C@@H](CCSC)C(=O)O)Cc1cccc2ccccc12)NC(=O)CSCc1ccc(-c2ccccc2)cc1. The molecular formula is C39H47N3O4S2. The average molecular weight is 686 g/mol. The van der Waals surface area contributed by atoms with Gasteiger partial charge in [0.1, 0.15) is 6.04 Å². The highest BCUT2D eigenvalue weighted by atomic mass is 32.2. The molecule has 7 nitrogen and oxygen atoms in total. The molecule has 0 heterocycles. The van der Waals surface area contributed by atoms with Crippen molar-refractivity contribution in [1.82, 2.24) is 15.5 Å². The molecule has 0 fully saturated rings. The Morgan fingerprint density at radius 1 is 0.833 bits per heavy atom. The highest BCUT2D eigenvalue weighted by molar-refractivity contribution is 7.99. The molecule has 0 bridgehead atoms. The highest BCUT2D eigenvalue weighted by Crippen LogP contribution is 2.23. The number of carboxylic acid groups (broad SMARTS) is 1. The van der Waals surface area contributed by atoms with Crippen molar-refractivity contribution in [3.05, 3.63) is 108 Å². The Kier molecular flexibility index (Phi) is 14.9. The van der Waals surface area contributed by atoms with Gasteiger partial charge in [-0.2, -0.15) is 11.8 Å². The second kappa shape index (κ2) is 19.3. The van der Waals surface area contributed by atoms with E-state index in [1.807, 2.05) is 47.6 Å². The predicted molar refractivity (Wildman–Crippen MR) is 201 cm³/mol. The molecule has 0 aliphatic heterocycles. The molecule has 9 heteroatoms. The lowest BCUT2D eigenvalue weighted by Gasteiger charge is -2.31. The summed E-state index contributed by atoms with van der Waals surface area (Å²) in [6.45, 7) is 5.16. The van der Waals surface area contributed by atoms with E-state index in [-0.39, 0.29) is 30.3 Å². The third-order valence-corrected chi connectivity index (χ3v) is 10.2. The quantitative estimate of drug-likeness (QED) is 0.0969. The lowest BCUT2D eigenvalue weighted by molar-refractivity contribution is -0.142. The van der Waals surface area contributed by atoms with E-state index in [4.69, 9.17) is 0 Å². The van der Waals surface area contributed by atoms with Crippen LogP contribution in [-0.4, -0.2) is 70.7 Å². The second-order valence-corrected chi connectivity index (χ2v) is 14.1. The lowest BCUT2D eigenvalue weighted by Crippen LogP contribution is -2.51. The summed E-state index contributed by atoms with van der Waals surface area (Å²) in [5.74, 6) is 0.438. The van der Waals surface area contributed by atoms with Crippen LogP contribution in [0.5, 0.6) is 0 Å². The number of thioether (sulfide) groups is 2. The lowest BCUT2D eigenvalue weighted by atomic mass is 9.97. The summed E-state index contributed by atoms with van der Waals surface area (Å²) in [6, 6.07) is 31.9. The topological polar surface area (TPSA) is 98.7 Å². The third-order valence-electron chi connectivity index (χ3n) is 8.58. The van der Waals surface area contributed by atoms with Gasteiger partial charge in [-0.1, -0.05) is 117 Å². The zero-order valence-corrected chi connectivity index (χ0v) is 29.7. The van der Waals surface area contributed by atoms with Crippen LogP contribution in [0.1, 0.15) is 37.8 Å². The summed E-state index contributed by atoms with van der Waals surface area (Å²) in [5.41, 5.74) is 4.58. The number of nitrogens with zero attached hydrogens (tertiary/aromatic N) is 1. The molecule has 4 aromatic rings. The molecule has 2 amide bonds. The summed E-state index contributed by atoms with van der Waals surface area (Å²) >= 11 is 3.13. The van der Waals surface area contributed by atoms with Crippen LogP contribution in [0.15, 0.2) is 97.1 Å². The molecule has 0 aromatic heterocycles. The molecule has 4 aromatic carbocycles. The number of carbonyl (C=O) groups excluding carboxylic acids is 2. The molecule has 254 valence electrons. The van der Waals surface area contributed by atoms with Crippen molar-refractivity contribution in [3.63, 3.8) is 0 Å². The van der Waals surface area contributed by atoms with Gasteiger partial charge in [-0.15, -0.1) is 11.8 Å². The Bertz CT molecular complexity index is 1610. The van der Waals surface area contributed by atoms with E-state index >= 15 is 0 Å². The molecule has 48 heavy (non-hydrogen) atoms. The van der Waals surface area contributed by atoms with Crippen LogP contribution in [0.3, 0.4) is 0 Å². The monoisotopic (exact) mass is 685 g/mol. The zero-order chi connectivity index (χ0) is 34.3. The van der Waals surface area contributed by atoms with E-state index < -0.39 is 12.0 Å². The van der Waals surface area contributed by atoms with Gasteiger partial charge in [0.05, 0.1) is 12.3 Å². The van der Waals surface area contributed by atoms with Gasteiger partial charge in [-0.3, -0.25) is 14.5 Å². The van der Waals surface area contributed by atoms with Crippen molar-refractivity contribution in [2.45, 2.75) is 51.1 Å². The van der Waals surface area contributed by atoms with Crippen LogP contribution in [0, 0.1) is 5.92 Å². The van der Waals surface area contributed by atoms with E-state index in [9.17, 15) is 19.5 Å². The molecule has 0 saturated heterocycles. The van der Waals surface area contributed by atoms with Gasteiger partial charge >= 0.3 is 5.97 Å². The highest BCUT2D eigenvalue weighted by Gasteiger charge is 2.25. The first-order valence-electron chi connectivity index (χ1n) is 16.5. The van der Waals surface area contributed by atoms with Gasteiger partial charge in [-0.05, 0) is 57.4 Å². The van der Waals surface area contributed by atoms with Gasteiger partial charge in [-0.25, -0.2) is 4.79 Å². The third kappa shape index (κ3) is 11.4. The van der Waals surface area contributed by atoms with Crippen molar-refractivity contribution in [2.24, 2.45) is 5.92 Å². The van der Waals surface area contributed by atoms with Crippen molar-refractivity contribution in [1.29, 1.82) is 0 Å². The van der Waals surface area contributed by atoms with E-state index in [0.29, 0.717) is 31.0 Å². The Morgan fingerprint density at radius 2 is 1.52 bits per heavy atom. The van der Waals surface area contributed by atoms with E-state index in [1.165, 1.54) is 11.1 Å². The van der Waals surface area contributed by atoms with E-state index in [2.05, 4.69) is 85.1 Å². The maximum atomic E-state index is 13.3. The minimum Gasteiger partial charge on any atom is -0.480 e. The smallest absolute Gasteiger partial charge is 0.326 e. The Labute approximate surface area is 293 Å². The van der Waals surface area contributed by atoms with Crippen LogP contribution < -0.4 is 10.6 Å². The maximum absolute atomic E-state index is 13.3. The molecule has 0 radical (unpaired) electrons. The normalized spacial score (nSPS) is 13.2. The van der Waals surface area contributed by atoms with Gasteiger partial charge in [0.2, 0.25) is 11.8 Å². The number of fused-ring (bicyclic) bond motifs is 1. The van der Waals surface area contributed by atoms with Crippen LogP contribution in [0.2, 0.25) is 0 Å². The molecule has 0 aliphatic rings. The minimum absolute atomic E-state index is 0.0167. The largest absolute Gasteiger partial charge is 0.480 e. The van der Waals surface area contributed by atoms with Gasteiger partial charge in [0, 0.05) is 24.9 Å². The number of amides is 2. The number of carboxylic acids is 1. The van der Waals surface area contributed by atoms with Gasteiger partial charge in [0.15, 0.2) is 0 Å².